The molecule has 2 aliphatic carbocycles. The first-order chi connectivity index (χ1) is 14.7. The van der Waals surface area contributed by atoms with Crippen molar-refractivity contribution in [3.05, 3.63) is 63.7 Å². The molecule has 4 heterocycles. The van der Waals surface area contributed by atoms with Gasteiger partial charge in [-0.3, -0.25) is 14.9 Å². The summed E-state index contributed by atoms with van der Waals surface area (Å²) in [7, 11) is 0. The molecule has 2 N–H and O–H groups in total. The van der Waals surface area contributed by atoms with Crippen molar-refractivity contribution in [1.29, 1.82) is 0 Å². The molecule has 2 amide bonds. The molecule has 2 aromatic rings. The summed E-state index contributed by atoms with van der Waals surface area (Å²) < 4.78 is 2.44. The first-order valence-corrected chi connectivity index (χ1v) is 10.9. The second-order valence-electron chi connectivity index (χ2n) is 8.75. The molecule has 0 saturated heterocycles. The van der Waals surface area contributed by atoms with Crippen molar-refractivity contribution in [3.63, 3.8) is 0 Å². The van der Waals surface area contributed by atoms with Gasteiger partial charge in [-0.25, -0.2) is 0 Å². The molecule has 1 unspecified atom stereocenters. The van der Waals surface area contributed by atoms with E-state index in [1.807, 2.05) is 12.2 Å². The van der Waals surface area contributed by atoms with E-state index in [4.69, 9.17) is 0 Å². The SMILES string of the molecule is O=C1NC(=O)c2c1c1c(c3c2c2c4n3CCCCCC=4C=CC2)NC2C=CC=CC=12. The Labute approximate surface area is 173 Å². The van der Waals surface area contributed by atoms with Gasteiger partial charge in [0.1, 0.15) is 0 Å². The molecule has 7 rings (SSSR count). The van der Waals surface area contributed by atoms with Crippen molar-refractivity contribution in [2.24, 2.45) is 0 Å². The van der Waals surface area contributed by atoms with Gasteiger partial charge in [-0.2, -0.15) is 0 Å². The number of rotatable bonds is 0. The molecule has 148 valence electrons. The minimum Gasteiger partial charge on any atom is -0.372 e. The number of carbonyl (C=O) groups excluding carboxylic acids is 2. The highest BCUT2D eigenvalue weighted by atomic mass is 16.2. The van der Waals surface area contributed by atoms with Crippen LogP contribution in [0.1, 0.15) is 52.0 Å². The molecule has 3 aliphatic heterocycles. The number of allylic oxidation sites excluding steroid dienone is 4. The van der Waals surface area contributed by atoms with Crippen molar-refractivity contribution in [3.8, 4) is 0 Å². The van der Waals surface area contributed by atoms with Gasteiger partial charge >= 0.3 is 0 Å². The van der Waals surface area contributed by atoms with E-state index in [1.54, 1.807) is 0 Å². The number of hydrogen-bond donors (Lipinski definition) is 2. The molecule has 0 bridgehead atoms. The molecule has 30 heavy (non-hydrogen) atoms. The topological polar surface area (TPSA) is 63.1 Å². The maximum atomic E-state index is 13.0. The first-order valence-electron chi connectivity index (χ1n) is 10.9. The van der Waals surface area contributed by atoms with Crippen LogP contribution in [0.4, 0.5) is 5.69 Å². The molecule has 5 nitrogen and oxygen atoms in total. The third-order valence-corrected chi connectivity index (χ3v) is 7.17. The van der Waals surface area contributed by atoms with Crippen molar-refractivity contribution in [1.82, 2.24) is 9.88 Å². The Kier molecular flexibility index (Phi) is 3.09. The smallest absolute Gasteiger partial charge is 0.259 e. The summed E-state index contributed by atoms with van der Waals surface area (Å²) in [6.45, 7) is 0.942. The van der Waals surface area contributed by atoms with Crippen LogP contribution in [0.15, 0.2) is 36.5 Å². The number of imide groups is 1. The van der Waals surface area contributed by atoms with E-state index in [2.05, 4.69) is 39.5 Å². The van der Waals surface area contributed by atoms with Gasteiger partial charge in [-0.05, 0) is 42.4 Å². The number of aromatic nitrogens is 1. The van der Waals surface area contributed by atoms with Gasteiger partial charge in [0.25, 0.3) is 11.8 Å². The zero-order valence-electron chi connectivity index (χ0n) is 16.5. The van der Waals surface area contributed by atoms with Gasteiger partial charge in [0.2, 0.25) is 0 Å². The average Bonchev–Trinajstić information content (AvgIpc) is 3.35. The quantitative estimate of drug-likeness (QED) is 0.674. The average molecular weight is 395 g/mol. The lowest BCUT2D eigenvalue weighted by molar-refractivity contribution is 0.0880. The monoisotopic (exact) mass is 395 g/mol. The van der Waals surface area contributed by atoms with Crippen LogP contribution in [0.5, 0.6) is 0 Å². The Bertz CT molecular complexity index is 1430. The van der Waals surface area contributed by atoms with E-state index >= 15 is 0 Å². The van der Waals surface area contributed by atoms with Crippen molar-refractivity contribution in [2.75, 3.05) is 5.32 Å². The Morgan fingerprint density at radius 3 is 2.83 bits per heavy atom. The summed E-state index contributed by atoms with van der Waals surface area (Å²) in [5.74, 6) is -0.527. The standard InChI is InChI=1S/C25H21N3O2/c29-24-19-17-14-9-3-4-11-16(14)26-21(17)23-18(20(19)25(30)27-24)15-10-6-8-13-7-2-1-5-12-28(23)22(13)15/h3-4,6,8-9,11,16,26H,1-2,5,7,10,12H2,(H,27,29,30). The predicted octanol–water partition coefficient (Wildman–Crippen LogP) is 2.43. The molecule has 0 radical (unpaired) electrons. The summed E-state index contributed by atoms with van der Waals surface area (Å²) in [6, 6.07) is 0.0399. The number of nitrogens with zero attached hydrogens (tertiary/aromatic N) is 1. The molecule has 1 aromatic carbocycles. The highest BCUT2D eigenvalue weighted by Gasteiger charge is 2.39. The van der Waals surface area contributed by atoms with Crippen LogP contribution >= 0.6 is 0 Å². The zero-order valence-corrected chi connectivity index (χ0v) is 16.5. The van der Waals surface area contributed by atoms with E-state index in [1.165, 1.54) is 29.3 Å². The Hall–Kier alpha value is -3.34. The molecule has 5 heteroatoms. The summed E-state index contributed by atoms with van der Waals surface area (Å²) >= 11 is 0. The second-order valence-corrected chi connectivity index (χ2v) is 8.75. The first kappa shape index (κ1) is 16.5. The second kappa shape index (κ2) is 5.63. The highest BCUT2D eigenvalue weighted by Crippen LogP contribution is 2.38. The van der Waals surface area contributed by atoms with Crippen LogP contribution in [0.25, 0.3) is 22.0 Å². The minimum absolute atomic E-state index is 0.0399. The fraction of sp³-hybridized carbons (Fsp3) is 0.280. The van der Waals surface area contributed by atoms with Crippen LogP contribution in [-0.4, -0.2) is 22.4 Å². The third kappa shape index (κ3) is 1.88. The van der Waals surface area contributed by atoms with E-state index in [9.17, 15) is 9.59 Å². The Morgan fingerprint density at radius 1 is 1.00 bits per heavy atom. The molecular weight excluding hydrogens is 374 g/mol. The number of benzene rings is 1. The lowest BCUT2D eigenvalue weighted by Crippen LogP contribution is -2.26. The van der Waals surface area contributed by atoms with Crippen molar-refractivity contribution < 1.29 is 9.59 Å². The number of aryl methyl sites for hydroxylation is 1. The number of fused-ring (bicyclic) bond motifs is 9. The van der Waals surface area contributed by atoms with E-state index in [0.717, 1.165) is 53.2 Å². The molecule has 0 spiro atoms. The van der Waals surface area contributed by atoms with Crippen LogP contribution in [0.2, 0.25) is 0 Å². The van der Waals surface area contributed by atoms with Crippen LogP contribution in [-0.2, 0) is 13.0 Å². The summed E-state index contributed by atoms with van der Waals surface area (Å²) in [6.07, 6.45) is 18.1. The number of hydrogen-bond acceptors (Lipinski definition) is 3. The van der Waals surface area contributed by atoms with Gasteiger partial charge in [-0.1, -0.05) is 42.9 Å². The predicted molar refractivity (Wildman–Crippen MR) is 117 cm³/mol. The van der Waals surface area contributed by atoms with Gasteiger partial charge in [0, 0.05) is 22.5 Å². The fourth-order valence-corrected chi connectivity index (χ4v) is 6.02. The number of anilines is 1. The van der Waals surface area contributed by atoms with Crippen molar-refractivity contribution >= 4 is 39.6 Å². The molecule has 1 atom stereocenters. The zero-order chi connectivity index (χ0) is 20.0. The Balaban J connectivity index is 1.76. The van der Waals surface area contributed by atoms with Gasteiger partial charge < -0.3 is 9.88 Å². The highest BCUT2D eigenvalue weighted by molar-refractivity contribution is 6.29. The van der Waals surface area contributed by atoms with E-state index in [-0.39, 0.29) is 17.9 Å². The third-order valence-electron chi connectivity index (χ3n) is 7.17. The number of carbonyl (C=O) groups is 2. The lowest BCUT2D eigenvalue weighted by Gasteiger charge is -2.17. The summed E-state index contributed by atoms with van der Waals surface area (Å²) in [5.41, 5.74) is 6.90. The van der Waals surface area contributed by atoms with E-state index in [0.29, 0.717) is 11.1 Å². The lowest BCUT2D eigenvalue weighted by atomic mass is 9.92. The van der Waals surface area contributed by atoms with Crippen molar-refractivity contribution in [2.45, 2.75) is 44.7 Å². The maximum Gasteiger partial charge on any atom is 0.259 e. The summed E-state index contributed by atoms with van der Waals surface area (Å²) in [5, 5.41) is 9.45. The van der Waals surface area contributed by atoms with Crippen LogP contribution in [0.3, 0.4) is 0 Å². The van der Waals surface area contributed by atoms with Gasteiger partial charge in [0.05, 0.1) is 28.4 Å². The number of nitrogens with one attached hydrogen (secondary N) is 2. The molecule has 0 fully saturated rings. The van der Waals surface area contributed by atoms with E-state index < -0.39 is 0 Å². The summed E-state index contributed by atoms with van der Waals surface area (Å²) in [4.78, 5) is 26.0. The van der Waals surface area contributed by atoms with Gasteiger partial charge in [-0.15, -0.1) is 0 Å². The molecule has 5 aliphatic rings. The molecule has 0 saturated carbocycles. The van der Waals surface area contributed by atoms with Crippen LogP contribution in [0, 0.1) is 0 Å². The number of amides is 2. The Morgan fingerprint density at radius 2 is 1.90 bits per heavy atom. The largest absolute Gasteiger partial charge is 0.372 e. The normalized spacial score (nSPS) is 23.0. The molecule has 1 aromatic heterocycles. The van der Waals surface area contributed by atoms with Gasteiger partial charge in [0.15, 0.2) is 0 Å². The fourth-order valence-electron chi connectivity index (χ4n) is 6.02. The minimum atomic E-state index is -0.271. The maximum absolute atomic E-state index is 13.0. The van der Waals surface area contributed by atoms with Crippen LogP contribution < -0.4 is 21.2 Å². The molecular formula is C25H21N3O2.